The lowest BCUT2D eigenvalue weighted by Gasteiger charge is -2.13. The van der Waals surface area contributed by atoms with E-state index in [1.54, 1.807) is 6.07 Å². The molecule has 15 heavy (non-hydrogen) atoms. The Morgan fingerprint density at radius 1 is 1.40 bits per heavy atom. The SMILES string of the molecule is CC(=O)Cc1cc(C(C)C)c(C)cc1O. The Morgan fingerprint density at radius 3 is 2.47 bits per heavy atom. The molecular weight excluding hydrogens is 188 g/mol. The summed E-state index contributed by atoms with van der Waals surface area (Å²) in [6, 6.07) is 3.68. The monoisotopic (exact) mass is 206 g/mol. The standard InChI is InChI=1S/C13H18O2/c1-8(2)12-7-11(6-10(4)14)13(15)5-9(12)3/h5,7-8,15H,6H2,1-4H3. The van der Waals surface area contributed by atoms with Gasteiger partial charge in [-0.15, -0.1) is 0 Å². The number of rotatable bonds is 3. The Hall–Kier alpha value is -1.31. The number of benzene rings is 1. The Balaban J connectivity index is 3.17. The van der Waals surface area contributed by atoms with E-state index in [1.165, 1.54) is 12.5 Å². The maximum absolute atomic E-state index is 11.0. The predicted molar refractivity (Wildman–Crippen MR) is 61.3 cm³/mol. The fourth-order valence-corrected chi connectivity index (χ4v) is 1.79. The van der Waals surface area contributed by atoms with E-state index in [2.05, 4.69) is 13.8 Å². The lowest BCUT2D eigenvalue weighted by Crippen LogP contribution is -2.00. The minimum Gasteiger partial charge on any atom is -0.508 e. The number of ketones is 1. The molecule has 0 saturated heterocycles. The number of hydrogen-bond acceptors (Lipinski definition) is 2. The molecule has 0 spiro atoms. The molecule has 2 nitrogen and oxygen atoms in total. The molecule has 0 aromatic heterocycles. The lowest BCUT2D eigenvalue weighted by atomic mass is 9.94. The van der Waals surface area contributed by atoms with Crippen LogP contribution >= 0.6 is 0 Å². The van der Waals surface area contributed by atoms with Crippen molar-refractivity contribution in [1.29, 1.82) is 0 Å². The maximum Gasteiger partial charge on any atom is 0.134 e. The number of hydrogen-bond donors (Lipinski definition) is 1. The number of carbonyl (C=O) groups is 1. The molecule has 1 aromatic carbocycles. The van der Waals surface area contributed by atoms with Crippen LogP contribution in [0.4, 0.5) is 0 Å². The summed E-state index contributed by atoms with van der Waals surface area (Å²) < 4.78 is 0. The van der Waals surface area contributed by atoms with Crippen molar-refractivity contribution < 1.29 is 9.90 Å². The third kappa shape index (κ3) is 2.82. The van der Waals surface area contributed by atoms with Gasteiger partial charge in [0.2, 0.25) is 0 Å². The fraction of sp³-hybridized carbons (Fsp3) is 0.462. The molecule has 0 heterocycles. The summed E-state index contributed by atoms with van der Waals surface area (Å²) in [5.74, 6) is 0.715. The zero-order valence-electron chi connectivity index (χ0n) is 9.79. The minimum atomic E-state index is 0.0730. The van der Waals surface area contributed by atoms with Crippen LogP contribution in [0.2, 0.25) is 0 Å². The average molecular weight is 206 g/mol. The van der Waals surface area contributed by atoms with Crippen molar-refractivity contribution in [3.8, 4) is 5.75 Å². The van der Waals surface area contributed by atoms with Crippen LogP contribution in [0.15, 0.2) is 12.1 Å². The Morgan fingerprint density at radius 2 is 2.00 bits per heavy atom. The van der Waals surface area contributed by atoms with Gasteiger partial charge in [0.05, 0.1) is 0 Å². The summed E-state index contributed by atoms with van der Waals surface area (Å²) in [7, 11) is 0. The van der Waals surface area contributed by atoms with Crippen LogP contribution in [-0.4, -0.2) is 10.9 Å². The fourth-order valence-electron chi connectivity index (χ4n) is 1.79. The molecule has 0 aliphatic rings. The first kappa shape index (κ1) is 11.8. The first-order chi connectivity index (χ1) is 6.91. The van der Waals surface area contributed by atoms with Gasteiger partial charge in [0.1, 0.15) is 11.5 Å². The van der Waals surface area contributed by atoms with Gasteiger partial charge in [-0.2, -0.15) is 0 Å². The van der Waals surface area contributed by atoms with Gasteiger partial charge in [0.15, 0.2) is 0 Å². The van der Waals surface area contributed by atoms with Crippen LogP contribution in [0.3, 0.4) is 0 Å². The highest BCUT2D eigenvalue weighted by atomic mass is 16.3. The van der Waals surface area contributed by atoms with E-state index in [0.717, 1.165) is 11.1 Å². The van der Waals surface area contributed by atoms with E-state index < -0.39 is 0 Å². The Labute approximate surface area is 90.9 Å². The lowest BCUT2D eigenvalue weighted by molar-refractivity contribution is -0.116. The molecule has 0 atom stereocenters. The normalized spacial score (nSPS) is 10.7. The molecule has 1 aromatic rings. The maximum atomic E-state index is 11.0. The first-order valence-corrected chi connectivity index (χ1v) is 5.23. The van der Waals surface area contributed by atoms with Crippen molar-refractivity contribution in [2.45, 2.75) is 40.0 Å². The quantitative estimate of drug-likeness (QED) is 0.825. The molecule has 1 rings (SSSR count). The molecule has 0 unspecified atom stereocenters. The van der Waals surface area contributed by atoms with Crippen LogP contribution in [0.5, 0.6) is 5.75 Å². The summed E-state index contributed by atoms with van der Waals surface area (Å²) in [5.41, 5.74) is 3.01. The van der Waals surface area contributed by atoms with Gasteiger partial charge in [-0.3, -0.25) is 4.79 Å². The van der Waals surface area contributed by atoms with Gasteiger partial charge < -0.3 is 5.11 Å². The number of aromatic hydroxyl groups is 1. The predicted octanol–water partition coefficient (Wildman–Crippen LogP) is 2.96. The number of carbonyl (C=O) groups excluding carboxylic acids is 1. The van der Waals surface area contributed by atoms with E-state index in [9.17, 15) is 9.90 Å². The van der Waals surface area contributed by atoms with Crippen LogP contribution in [0, 0.1) is 6.92 Å². The largest absolute Gasteiger partial charge is 0.508 e. The minimum absolute atomic E-state index is 0.0730. The van der Waals surface area contributed by atoms with E-state index in [0.29, 0.717) is 12.3 Å². The molecule has 1 N–H and O–H groups in total. The first-order valence-electron chi connectivity index (χ1n) is 5.23. The number of phenols is 1. The molecule has 82 valence electrons. The molecule has 0 aliphatic heterocycles. The van der Waals surface area contributed by atoms with Gasteiger partial charge in [0, 0.05) is 12.0 Å². The topological polar surface area (TPSA) is 37.3 Å². The van der Waals surface area contributed by atoms with Gasteiger partial charge in [-0.05, 0) is 37.0 Å². The van der Waals surface area contributed by atoms with E-state index in [4.69, 9.17) is 0 Å². The number of aryl methyl sites for hydroxylation is 1. The average Bonchev–Trinajstić information content (AvgIpc) is 2.08. The van der Waals surface area contributed by atoms with E-state index in [-0.39, 0.29) is 11.5 Å². The molecular formula is C13H18O2. The van der Waals surface area contributed by atoms with Crippen molar-refractivity contribution in [1.82, 2.24) is 0 Å². The molecule has 0 bridgehead atoms. The van der Waals surface area contributed by atoms with Crippen molar-refractivity contribution in [2.75, 3.05) is 0 Å². The van der Waals surface area contributed by atoms with Crippen LogP contribution < -0.4 is 0 Å². The zero-order chi connectivity index (χ0) is 11.6. The van der Waals surface area contributed by atoms with Crippen LogP contribution in [-0.2, 0) is 11.2 Å². The highest BCUT2D eigenvalue weighted by molar-refractivity contribution is 5.79. The van der Waals surface area contributed by atoms with Crippen molar-refractivity contribution in [3.63, 3.8) is 0 Å². The van der Waals surface area contributed by atoms with Gasteiger partial charge in [-0.1, -0.05) is 19.9 Å². The summed E-state index contributed by atoms with van der Waals surface area (Å²) >= 11 is 0. The van der Waals surface area contributed by atoms with Crippen molar-refractivity contribution in [3.05, 3.63) is 28.8 Å². The highest BCUT2D eigenvalue weighted by Gasteiger charge is 2.10. The van der Waals surface area contributed by atoms with Gasteiger partial charge in [0.25, 0.3) is 0 Å². The second-order valence-electron chi connectivity index (χ2n) is 4.37. The van der Waals surface area contributed by atoms with Gasteiger partial charge >= 0.3 is 0 Å². The molecule has 0 amide bonds. The number of Topliss-reactive ketones (excluding diaryl/α,β-unsaturated/α-hetero) is 1. The number of phenolic OH excluding ortho intramolecular Hbond substituents is 1. The molecule has 0 radical (unpaired) electrons. The highest BCUT2D eigenvalue weighted by Crippen LogP contribution is 2.27. The summed E-state index contributed by atoms with van der Waals surface area (Å²) in [5, 5.41) is 9.69. The Kier molecular flexibility index (Phi) is 3.51. The zero-order valence-corrected chi connectivity index (χ0v) is 9.79. The third-order valence-electron chi connectivity index (χ3n) is 2.53. The van der Waals surface area contributed by atoms with Crippen molar-refractivity contribution >= 4 is 5.78 Å². The summed E-state index contributed by atoms with van der Waals surface area (Å²) in [6.07, 6.45) is 0.311. The van der Waals surface area contributed by atoms with Crippen LogP contribution in [0.1, 0.15) is 43.4 Å². The van der Waals surface area contributed by atoms with Crippen LogP contribution in [0.25, 0.3) is 0 Å². The van der Waals surface area contributed by atoms with E-state index in [1.807, 2.05) is 13.0 Å². The second-order valence-corrected chi connectivity index (χ2v) is 4.37. The summed E-state index contributed by atoms with van der Waals surface area (Å²) in [6.45, 7) is 7.73. The molecule has 2 heteroatoms. The van der Waals surface area contributed by atoms with Gasteiger partial charge in [-0.25, -0.2) is 0 Å². The second kappa shape index (κ2) is 4.47. The van der Waals surface area contributed by atoms with E-state index >= 15 is 0 Å². The molecule has 0 saturated carbocycles. The smallest absolute Gasteiger partial charge is 0.134 e. The summed E-state index contributed by atoms with van der Waals surface area (Å²) in [4.78, 5) is 11.0. The Bertz CT molecular complexity index is 378. The molecule has 0 fully saturated rings. The molecule has 0 aliphatic carbocycles. The van der Waals surface area contributed by atoms with Crippen molar-refractivity contribution in [2.24, 2.45) is 0 Å². The third-order valence-corrected chi connectivity index (χ3v) is 2.53.